The molecule has 3 aromatic heterocycles. The molecule has 1 saturated heterocycles. The number of Topliss-reactive ketones (excluding diaryl/α,β-unsaturated/α-hetero) is 1. The molecule has 4 aromatic rings. The van der Waals surface area contributed by atoms with E-state index < -0.39 is 0 Å². The lowest BCUT2D eigenvalue weighted by molar-refractivity contribution is -0.120. The van der Waals surface area contributed by atoms with Gasteiger partial charge in [-0.3, -0.25) is 9.69 Å². The normalized spacial score (nSPS) is 15.8. The van der Waals surface area contributed by atoms with E-state index in [1.54, 1.807) is 0 Å². The van der Waals surface area contributed by atoms with Gasteiger partial charge in [-0.2, -0.15) is 0 Å². The van der Waals surface area contributed by atoms with Crippen molar-refractivity contribution in [3.05, 3.63) is 60.0 Å². The van der Waals surface area contributed by atoms with Crippen LogP contribution in [0, 0.1) is 0 Å². The molecule has 0 saturated carbocycles. The first-order valence-electron chi connectivity index (χ1n) is 11.5. The Kier molecular flexibility index (Phi) is 5.36. The molecule has 5 nitrogen and oxygen atoms in total. The van der Waals surface area contributed by atoms with E-state index in [4.69, 9.17) is 0 Å². The van der Waals surface area contributed by atoms with Gasteiger partial charge in [-0.05, 0) is 73.7 Å². The van der Waals surface area contributed by atoms with Crippen molar-refractivity contribution < 1.29 is 4.79 Å². The van der Waals surface area contributed by atoms with Gasteiger partial charge in [0.1, 0.15) is 11.4 Å². The number of piperidine rings is 1. The molecule has 31 heavy (non-hydrogen) atoms. The average Bonchev–Trinajstić information content (AvgIpc) is 3.42. The fourth-order valence-electron chi connectivity index (χ4n) is 4.98. The maximum absolute atomic E-state index is 11.8. The van der Waals surface area contributed by atoms with Crippen LogP contribution in [-0.4, -0.2) is 44.7 Å². The van der Waals surface area contributed by atoms with Gasteiger partial charge in [-0.15, -0.1) is 0 Å². The third kappa shape index (κ3) is 3.79. The van der Waals surface area contributed by atoms with Crippen molar-refractivity contribution in [2.75, 3.05) is 19.6 Å². The minimum absolute atomic E-state index is 0.348. The van der Waals surface area contributed by atoms with Crippen molar-refractivity contribution in [2.24, 2.45) is 0 Å². The largest absolute Gasteiger partial charge is 0.354 e. The van der Waals surface area contributed by atoms with Gasteiger partial charge in [0.15, 0.2) is 0 Å². The van der Waals surface area contributed by atoms with E-state index in [0.29, 0.717) is 24.7 Å². The van der Waals surface area contributed by atoms with E-state index in [1.807, 2.05) is 23.7 Å². The molecule has 0 spiro atoms. The zero-order chi connectivity index (χ0) is 21.4. The molecule has 4 heterocycles. The maximum Gasteiger partial charge on any atom is 0.146 e. The molecule has 0 atom stereocenters. The van der Waals surface area contributed by atoms with Crippen LogP contribution in [0.4, 0.5) is 0 Å². The molecule has 0 unspecified atom stereocenters. The Morgan fingerprint density at radius 2 is 1.97 bits per heavy atom. The van der Waals surface area contributed by atoms with Crippen molar-refractivity contribution in [2.45, 2.75) is 45.4 Å². The summed E-state index contributed by atoms with van der Waals surface area (Å²) < 4.78 is 2.04. The summed E-state index contributed by atoms with van der Waals surface area (Å²) in [6.07, 6.45) is 9.75. The van der Waals surface area contributed by atoms with Crippen LogP contribution in [-0.2, 0) is 11.2 Å². The van der Waals surface area contributed by atoms with Crippen LogP contribution < -0.4 is 0 Å². The van der Waals surface area contributed by atoms with Gasteiger partial charge in [-0.25, -0.2) is 4.98 Å². The number of hydrogen-bond acceptors (Lipinski definition) is 3. The van der Waals surface area contributed by atoms with Crippen LogP contribution in [0.2, 0.25) is 0 Å². The van der Waals surface area contributed by atoms with E-state index in [-0.39, 0.29) is 0 Å². The number of aromatic nitrogens is 3. The second-order valence-electron chi connectivity index (χ2n) is 8.69. The molecule has 0 bridgehead atoms. The Hall–Kier alpha value is -2.92. The SMILES string of the molecule is CCC(=O)CN1CCC(c2ccc3[nH]c(-c4ccn5ccnc5c4)c(CC)c3c2)CC1. The number of nitrogens with zero attached hydrogens (tertiary/aromatic N) is 3. The predicted molar refractivity (Wildman–Crippen MR) is 126 cm³/mol. The highest BCUT2D eigenvalue weighted by atomic mass is 16.1. The topological polar surface area (TPSA) is 53.4 Å². The number of hydrogen-bond donors (Lipinski definition) is 1. The molecule has 5 rings (SSSR count). The average molecular weight is 415 g/mol. The number of rotatable bonds is 6. The summed E-state index contributed by atoms with van der Waals surface area (Å²) in [4.78, 5) is 22.2. The summed E-state index contributed by atoms with van der Waals surface area (Å²) in [5, 5.41) is 1.34. The van der Waals surface area contributed by atoms with E-state index in [0.717, 1.165) is 38.0 Å². The molecule has 1 aliphatic heterocycles. The van der Waals surface area contributed by atoms with Crippen LogP contribution in [0.3, 0.4) is 0 Å². The zero-order valence-electron chi connectivity index (χ0n) is 18.4. The third-order valence-corrected chi connectivity index (χ3v) is 6.82. The highest BCUT2D eigenvalue weighted by Crippen LogP contribution is 2.35. The van der Waals surface area contributed by atoms with Gasteiger partial charge in [0.25, 0.3) is 0 Å². The van der Waals surface area contributed by atoms with Gasteiger partial charge < -0.3 is 9.38 Å². The molecular formula is C26H30N4O. The zero-order valence-corrected chi connectivity index (χ0v) is 18.4. The Bertz CT molecular complexity index is 1230. The Labute approximate surface area is 183 Å². The summed E-state index contributed by atoms with van der Waals surface area (Å²) in [5.74, 6) is 0.919. The van der Waals surface area contributed by atoms with Gasteiger partial charge in [-0.1, -0.05) is 19.9 Å². The summed E-state index contributed by atoms with van der Waals surface area (Å²) in [7, 11) is 0. The first-order valence-corrected chi connectivity index (χ1v) is 11.5. The molecule has 1 N–H and O–H groups in total. The molecule has 1 fully saturated rings. The number of aromatic amines is 1. The lowest BCUT2D eigenvalue weighted by atomic mass is 9.88. The standard InChI is InChI=1S/C26H30N4O/c1-3-21(31)17-29-11-7-18(8-12-29)19-5-6-24-23(15-19)22(4-2)26(28-24)20-9-13-30-14-10-27-25(30)16-20/h5-6,9-10,13-16,18,28H,3-4,7-8,11-12,17H2,1-2H3. The van der Waals surface area contributed by atoms with Crippen molar-refractivity contribution in [3.8, 4) is 11.3 Å². The second-order valence-corrected chi connectivity index (χ2v) is 8.69. The smallest absolute Gasteiger partial charge is 0.146 e. The summed E-state index contributed by atoms with van der Waals surface area (Å²) in [6.45, 7) is 6.82. The molecule has 0 radical (unpaired) electrons. The highest BCUT2D eigenvalue weighted by molar-refractivity contribution is 5.91. The van der Waals surface area contributed by atoms with Gasteiger partial charge >= 0.3 is 0 Å². The summed E-state index contributed by atoms with van der Waals surface area (Å²) in [6, 6.07) is 11.2. The monoisotopic (exact) mass is 414 g/mol. The first-order chi connectivity index (χ1) is 15.2. The van der Waals surface area contributed by atoms with E-state index in [1.165, 1.54) is 33.3 Å². The van der Waals surface area contributed by atoms with E-state index in [9.17, 15) is 4.79 Å². The highest BCUT2D eigenvalue weighted by Gasteiger charge is 2.22. The number of fused-ring (bicyclic) bond motifs is 2. The van der Waals surface area contributed by atoms with Crippen molar-refractivity contribution in [1.82, 2.24) is 19.3 Å². The minimum Gasteiger partial charge on any atom is -0.354 e. The Morgan fingerprint density at radius 3 is 2.74 bits per heavy atom. The van der Waals surface area contributed by atoms with Crippen LogP contribution in [0.5, 0.6) is 0 Å². The number of imidazole rings is 1. The third-order valence-electron chi connectivity index (χ3n) is 6.82. The quantitative estimate of drug-likeness (QED) is 0.472. The van der Waals surface area contributed by atoms with E-state index in [2.05, 4.69) is 58.3 Å². The molecule has 1 aliphatic rings. The number of carbonyl (C=O) groups is 1. The summed E-state index contributed by atoms with van der Waals surface area (Å²) >= 11 is 0. The Morgan fingerprint density at radius 1 is 1.13 bits per heavy atom. The lowest BCUT2D eigenvalue weighted by Gasteiger charge is -2.31. The second kappa shape index (κ2) is 8.31. The van der Waals surface area contributed by atoms with Crippen LogP contribution in [0.15, 0.2) is 48.9 Å². The van der Waals surface area contributed by atoms with Crippen LogP contribution in [0.25, 0.3) is 27.8 Å². The number of aryl methyl sites for hydroxylation is 1. The lowest BCUT2D eigenvalue weighted by Crippen LogP contribution is -2.36. The molecule has 1 aromatic carbocycles. The first kappa shape index (κ1) is 20.0. The van der Waals surface area contributed by atoms with Crippen molar-refractivity contribution >= 4 is 22.3 Å². The van der Waals surface area contributed by atoms with E-state index >= 15 is 0 Å². The van der Waals surface area contributed by atoms with Gasteiger partial charge in [0.05, 0.1) is 6.54 Å². The van der Waals surface area contributed by atoms with Gasteiger partial charge in [0, 0.05) is 47.2 Å². The van der Waals surface area contributed by atoms with Crippen LogP contribution in [0.1, 0.15) is 50.2 Å². The Balaban J connectivity index is 1.43. The fourth-order valence-corrected chi connectivity index (χ4v) is 4.98. The number of benzene rings is 1. The molecular weight excluding hydrogens is 384 g/mol. The molecule has 0 amide bonds. The predicted octanol–water partition coefficient (Wildman–Crippen LogP) is 5.20. The molecule has 160 valence electrons. The number of nitrogens with one attached hydrogen (secondary N) is 1. The number of carbonyl (C=O) groups excluding carboxylic acids is 1. The number of H-pyrrole nitrogens is 1. The number of likely N-dealkylation sites (tertiary alicyclic amines) is 1. The van der Waals surface area contributed by atoms with Crippen molar-refractivity contribution in [1.29, 1.82) is 0 Å². The molecule has 0 aliphatic carbocycles. The minimum atomic E-state index is 0.348. The number of pyridine rings is 1. The van der Waals surface area contributed by atoms with Gasteiger partial charge in [0.2, 0.25) is 0 Å². The molecule has 5 heteroatoms. The number of ketones is 1. The summed E-state index contributed by atoms with van der Waals surface area (Å²) in [5.41, 5.74) is 7.35. The van der Waals surface area contributed by atoms with Crippen LogP contribution >= 0.6 is 0 Å². The maximum atomic E-state index is 11.8. The fraction of sp³-hybridized carbons (Fsp3) is 0.385. The van der Waals surface area contributed by atoms with Crippen molar-refractivity contribution in [3.63, 3.8) is 0 Å².